The fourth-order valence-electron chi connectivity index (χ4n) is 4.71. The van der Waals surface area contributed by atoms with Crippen LogP contribution in [0.1, 0.15) is 22.3 Å². The first-order valence-electron chi connectivity index (χ1n) is 13.7. The van der Waals surface area contributed by atoms with Gasteiger partial charge in [0, 0.05) is 5.75 Å². The number of hydrogen-bond acceptors (Lipinski definition) is 6. The van der Waals surface area contributed by atoms with E-state index in [1.165, 1.54) is 5.56 Å². The lowest BCUT2D eigenvalue weighted by Crippen LogP contribution is -2.59. The van der Waals surface area contributed by atoms with E-state index < -0.39 is 29.9 Å². The van der Waals surface area contributed by atoms with Crippen LogP contribution in [0.25, 0.3) is 0 Å². The number of rotatable bonds is 13. The van der Waals surface area contributed by atoms with Crippen molar-refractivity contribution in [3.63, 3.8) is 0 Å². The van der Waals surface area contributed by atoms with Crippen molar-refractivity contribution in [2.45, 2.75) is 55.4 Å². The molecule has 40 heavy (non-hydrogen) atoms. The molecule has 0 amide bonds. The molecule has 1 aliphatic rings. The largest absolute Gasteiger partial charge is 0.387 e. The third-order valence-corrected chi connectivity index (χ3v) is 8.05. The maximum absolute atomic E-state index is 11.6. The van der Waals surface area contributed by atoms with Gasteiger partial charge in [0.15, 0.2) is 0 Å². The molecule has 0 unspecified atom stereocenters. The van der Waals surface area contributed by atoms with Gasteiger partial charge in [0.2, 0.25) is 0 Å². The Labute approximate surface area is 241 Å². The van der Waals surface area contributed by atoms with Crippen molar-refractivity contribution < 1.29 is 24.1 Å². The number of benzene rings is 4. The average molecular weight is 557 g/mol. The standard InChI is InChI=1S/C34H36O5S/c35-31-33(38-23-28-17-9-3-10-18-28)32(37-22-27-15-7-2-8-16-27)30(24-36-21-26-13-5-1-6-14-26)39-34(31)40-25-29-19-11-4-12-20-29/h1-20,30-35H,21-25H2/t30-,31-,32-,33-,34-/m1/s1. The van der Waals surface area contributed by atoms with Crippen molar-refractivity contribution in [3.8, 4) is 0 Å². The first-order valence-corrected chi connectivity index (χ1v) is 14.7. The summed E-state index contributed by atoms with van der Waals surface area (Å²) in [5, 5.41) is 11.6. The van der Waals surface area contributed by atoms with E-state index in [-0.39, 0.29) is 0 Å². The molecule has 0 saturated carbocycles. The smallest absolute Gasteiger partial charge is 0.132 e. The Balaban J connectivity index is 1.34. The minimum Gasteiger partial charge on any atom is -0.387 e. The maximum Gasteiger partial charge on any atom is 0.132 e. The molecule has 5 atom stereocenters. The Morgan fingerprint density at radius 1 is 0.575 bits per heavy atom. The van der Waals surface area contributed by atoms with Gasteiger partial charge in [-0.3, -0.25) is 0 Å². The molecular formula is C34H36O5S. The Kier molecular flexibility index (Phi) is 10.8. The molecule has 5 rings (SSSR count). The molecular weight excluding hydrogens is 520 g/mol. The second-order valence-corrected chi connectivity index (χ2v) is 10.9. The molecule has 1 aliphatic heterocycles. The van der Waals surface area contributed by atoms with E-state index in [0.29, 0.717) is 32.2 Å². The van der Waals surface area contributed by atoms with Gasteiger partial charge in [-0.1, -0.05) is 121 Å². The third kappa shape index (κ3) is 8.27. The van der Waals surface area contributed by atoms with Crippen molar-refractivity contribution in [3.05, 3.63) is 144 Å². The van der Waals surface area contributed by atoms with Gasteiger partial charge < -0.3 is 24.1 Å². The van der Waals surface area contributed by atoms with Crippen LogP contribution in [0.4, 0.5) is 0 Å². The van der Waals surface area contributed by atoms with Gasteiger partial charge in [-0.15, -0.1) is 11.8 Å². The summed E-state index contributed by atoms with van der Waals surface area (Å²) in [5.41, 5.74) is 3.84. The highest BCUT2D eigenvalue weighted by atomic mass is 32.2. The number of ether oxygens (including phenoxy) is 4. The lowest BCUT2D eigenvalue weighted by Gasteiger charge is -2.44. The highest BCUT2D eigenvalue weighted by Crippen LogP contribution is 2.34. The fraction of sp³-hybridized carbons (Fsp3) is 0.294. The zero-order valence-corrected chi connectivity index (χ0v) is 23.3. The normalized spacial score (nSPS) is 22.7. The summed E-state index contributed by atoms with van der Waals surface area (Å²) < 4.78 is 25.6. The topological polar surface area (TPSA) is 57.2 Å². The average Bonchev–Trinajstić information content (AvgIpc) is 3.01. The van der Waals surface area contributed by atoms with Crippen LogP contribution >= 0.6 is 11.8 Å². The van der Waals surface area contributed by atoms with Gasteiger partial charge in [-0.05, 0) is 22.3 Å². The van der Waals surface area contributed by atoms with Crippen molar-refractivity contribution in [1.82, 2.24) is 0 Å². The monoisotopic (exact) mass is 556 g/mol. The second kappa shape index (κ2) is 15.1. The second-order valence-electron chi connectivity index (χ2n) is 9.85. The summed E-state index contributed by atoms with van der Waals surface area (Å²) in [6.45, 7) is 1.52. The van der Waals surface area contributed by atoms with Gasteiger partial charge in [0.1, 0.15) is 29.9 Å². The van der Waals surface area contributed by atoms with E-state index in [9.17, 15) is 5.11 Å². The van der Waals surface area contributed by atoms with E-state index in [0.717, 1.165) is 16.7 Å². The van der Waals surface area contributed by atoms with Gasteiger partial charge in [-0.25, -0.2) is 0 Å². The summed E-state index contributed by atoms with van der Waals surface area (Å²) in [7, 11) is 0. The Morgan fingerprint density at radius 3 is 1.55 bits per heavy atom. The van der Waals surface area contributed by atoms with Gasteiger partial charge >= 0.3 is 0 Å². The van der Waals surface area contributed by atoms with Crippen LogP contribution in [0.15, 0.2) is 121 Å². The Bertz CT molecular complexity index is 1200. The zero-order chi connectivity index (χ0) is 27.4. The molecule has 1 fully saturated rings. The molecule has 1 saturated heterocycles. The molecule has 1 heterocycles. The summed E-state index contributed by atoms with van der Waals surface area (Å²) in [5.74, 6) is 0.709. The molecule has 0 spiro atoms. The van der Waals surface area contributed by atoms with Crippen LogP contribution in [-0.4, -0.2) is 41.6 Å². The van der Waals surface area contributed by atoms with Gasteiger partial charge in [0.05, 0.1) is 26.4 Å². The first kappa shape index (κ1) is 28.6. The van der Waals surface area contributed by atoms with Crippen molar-refractivity contribution in [1.29, 1.82) is 0 Å². The highest BCUT2D eigenvalue weighted by Gasteiger charge is 2.47. The van der Waals surface area contributed by atoms with Crippen LogP contribution in [0.3, 0.4) is 0 Å². The minimum absolute atomic E-state index is 0.314. The SMILES string of the molecule is O[C@@H]1[C@@H](OCc2ccccc2)[C@H](OCc2ccccc2)[C@@H](COCc2ccccc2)O[C@@H]1SCc1ccccc1. The van der Waals surface area contributed by atoms with Crippen LogP contribution < -0.4 is 0 Å². The molecule has 4 aromatic carbocycles. The van der Waals surface area contributed by atoms with Crippen LogP contribution in [0.2, 0.25) is 0 Å². The minimum atomic E-state index is -0.886. The summed E-state index contributed by atoms with van der Waals surface area (Å²) >= 11 is 1.57. The first-order chi connectivity index (χ1) is 19.8. The highest BCUT2D eigenvalue weighted by molar-refractivity contribution is 7.99. The molecule has 6 heteroatoms. The molecule has 0 radical (unpaired) electrons. The quantitative estimate of drug-likeness (QED) is 0.206. The maximum atomic E-state index is 11.6. The lowest BCUT2D eigenvalue weighted by atomic mass is 9.99. The van der Waals surface area contributed by atoms with E-state index in [1.807, 2.05) is 109 Å². The Morgan fingerprint density at radius 2 is 1.02 bits per heavy atom. The molecule has 208 valence electrons. The van der Waals surface area contributed by atoms with Crippen molar-refractivity contribution in [2.24, 2.45) is 0 Å². The van der Waals surface area contributed by atoms with Crippen molar-refractivity contribution in [2.75, 3.05) is 6.61 Å². The number of hydrogen-bond donors (Lipinski definition) is 1. The van der Waals surface area contributed by atoms with Gasteiger partial charge in [-0.2, -0.15) is 0 Å². The van der Waals surface area contributed by atoms with E-state index >= 15 is 0 Å². The third-order valence-electron chi connectivity index (χ3n) is 6.84. The Hall–Kier alpha value is -2.97. The lowest BCUT2D eigenvalue weighted by molar-refractivity contribution is -0.243. The number of aliphatic hydroxyl groups excluding tert-OH is 1. The fourth-order valence-corrected chi connectivity index (χ4v) is 5.83. The molecule has 4 aromatic rings. The molecule has 0 aromatic heterocycles. The molecule has 5 nitrogen and oxygen atoms in total. The predicted octanol–water partition coefficient (Wildman–Crippen LogP) is 6.39. The van der Waals surface area contributed by atoms with Crippen LogP contribution in [0, 0.1) is 0 Å². The molecule has 1 N–H and O–H groups in total. The predicted molar refractivity (Wildman–Crippen MR) is 159 cm³/mol. The van der Waals surface area contributed by atoms with E-state index in [1.54, 1.807) is 11.8 Å². The summed E-state index contributed by atoms with van der Waals surface area (Å²) in [6, 6.07) is 40.3. The van der Waals surface area contributed by atoms with E-state index in [2.05, 4.69) is 12.1 Å². The van der Waals surface area contributed by atoms with Crippen LogP contribution in [-0.2, 0) is 44.5 Å². The molecule has 0 bridgehead atoms. The number of thioether (sulfide) groups is 1. The number of aliphatic hydroxyl groups is 1. The zero-order valence-electron chi connectivity index (χ0n) is 22.5. The summed E-state index contributed by atoms with van der Waals surface area (Å²) in [4.78, 5) is 0. The summed E-state index contributed by atoms with van der Waals surface area (Å²) in [6.07, 6.45) is -2.44. The van der Waals surface area contributed by atoms with E-state index in [4.69, 9.17) is 18.9 Å². The van der Waals surface area contributed by atoms with Crippen LogP contribution in [0.5, 0.6) is 0 Å². The molecule has 0 aliphatic carbocycles. The van der Waals surface area contributed by atoms with Gasteiger partial charge in [0.25, 0.3) is 0 Å². The van der Waals surface area contributed by atoms with Crippen molar-refractivity contribution >= 4 is 11.8 Å².